The highest BCUT2D eigenvalue weighted by Crippen LogP contribution is 2.36. The molecular weight excluding hydrogens is 397 g/mol. The third kappa shape index (κ3) is 4.18. The minimum absolute atomic E-state index is 0.0116. The molecule has 0 radical (unpaired) electrons. The first-order chi connectivity index (χ1) is 13.1. The molecule has 0 N–H and O–H groups in total. The summed E-state index contributed by atoms with van der Waals surface area (Å²) in [6.07, 6.45) is 1.35. The van der Waals surface area contributed by atoms with E-state index in [1.807, 2.05) is 11.0 Å². The van der Waals surface area contributed by atoms with E-state index in [2.05, 4.69) is 43.8 Å². The maximum Gasteiger partial charge on any atom is 0.246 e. The van der Waals surface area contributed by atoms with E-state index in [9.17, 15) is 4.79 Å². The number of carbonyl (C=O) groups is 1. The first-order valence-corrected chi connectivity index (χ1v) is 9.94. The van der Waals surface area contributed by atoms with Crippen LogP contribution in [-0.2, 0) is 4.79 Å². The molecule has 3 rings (SSSR count). The van der Waals surface area contributed by atoms with Gasteiger partial charge in [0.15, 0.2) is 0 Å². The quantitative estimate of drug-likeness (QED) is 0.538. The lowest BCUT2D eigenvalue weighted by Crippen LogP contribution is -2.51. The van der Waals surface area contributed by atoms with Crippen LogP contribution in [0, 0.1) is 5.41 Å². The van der Waals surface area contributed by atoms with Gasteiger partial charge in [-0.15, -0.1) is 0 Å². The van der Waals surface area contributed by atoms with E-state index >= 15 is 0 Å². The Balaban J connectivity index is 1.95. The SMILES string of the molecule is C=CC(=O)N1CCN(C2=NC(=C)N(CC(C)(C)C)c3nc(Cl)c(Cl)cc32)CC1. The average Bonchev–Trinajstić information content (AvgIpc) is 2.64. The maximum absolute atomic E-state index is 11.9. The summed E-state index contributed by atoms with van der Waals surface area (Å²) in [5, 5.41) is 0.645. The molecule has 0 aliphatic carbocycles. The molecule has 1 saturated heterocycles. The summed E-state index contributed by atoms with van der Waals surface area (Å²) >= 11 is 12.5. The Morgan fingerprint density at radius 2 is 1.89 bits per heavy atom. The predicted octanol–water partition coefficient (Wildman–Crippen LogP) is 3.80. The molecule has 3 heterocycles. The number of aliphatic imine (C=N–C) groups is 1. The number of piperazine rings is 1. The van der Waals surface area contributed by atoms with Gasteiger partial charge in [-0.3, -0.25) is 4.79 Å². The summed E-state index contributed by atoms with van der Waals surface area (Å²) in [4.78, 5) is 27.1. The zero-order valence-corrected chi connectivity index (χ0v) is 18.0. The van der Waals surface area contributed by atoms with Gasteiger partial charge in [-0.05, 0) is 17.6 Å². The Bertz CT molecular complexity index is 851. The zero-order valence-electron chi connectivity index (χ0n) is 16.5. The van der Waals surface area contributed by atoms with E-state index in [-0.39, 0.29) is 16.5 Å². The van der Waals surface area contributed by atoms with E-state index in [1.165, 1.54) is 6.08 Å². The summed E-state index contributed by atoms with van der Waals surface area (Å²) in [5.74, 6) is 2.04. The minimum Gasteiger partial charge on any atom is -0.352 e. The van der Waals surface area contributed by atoms with Gasteiger partial charge in [0.05, 0.1) is 10.6 Å². The van der Waals surface area contributed by atoms with Crippen molar-refractivity contribution in [2.75, 3.05) is 37.6 Å². The molecule has 0 bridgehead atoms. The smallest absolute Gasteiger partial charge is 0.246 e. The maximum atomic E-state index is 11.9. The van der Waals surface area contributed by atoms with Crippen molar-refractivity contribution in [1.29, 1.82) is 0 Å². The number of hydrogen-bond acceptors (Lipinski definition) is 5. The molecule has 150 valence electrons. The largest absolute Gasteiger partial charge is 0.352 e. The lowest BCUT2D eigenvalue weighted by atomic mass is 9.95. The first kappa shape index (κ1) is 20.7. The molecule has 1 aromatic rings. The lowest BCUT2D eigenvalue weighted by Gasteiger charge is -2.40. The number of amides is 1. The highest BCUT2D eigenvalue weighted by Gasteiger charge is 2.32. The van der Waals surface area contributed by atoms with Gasteiger partial charge in [-0.25, -0.2) is 9.98 Å². The Morgan fingerprint density at radius 1 is 1.25 bits per heavy atom. The summed E-state index contributed by atoms with van der Waals surface area (Å²) in [5.41, 5.74) is 0.840. The standard InChI is InChI=1S/C20H25Cl2N5O/c1-6-16(28)25-7-9-26(10-8-25)18-14-11-15(21)17(22)24-19(14)27(13(2)23-18)12-20(3,4)5/h6,11H,1-2,7-10,12H2,3-5H3. The van der Waals surface area contributed by atoms with Crippen molar-refractivity contribution >= 4 is 40.8 Å². The predicted molar refractivity (Wildman–Crippen MR) is 115 cm³/mol. The third-order valence-electron chi connectivity index (χ3n) is 4.65. The van der Waals surface area contributed by atoms with E-state index < -0.39 is 0 Å². The summed E-state index contributed by atoms with van der Waals surface area (Å²) in [6.45, 7) is 17.4. The van der Waals surface area contributed by atoms with Gasteiger partial charge in [0.25, 0.3) is 0 Å². The number of amidine groups is 1. The van der Waals surface area contributed by atoms with Crippen molar-refractivity contribution in [1.82, 2.24) is 14.8 Å². The topological polar surface area (TPSA) is 52.0 Å². The van der Waals surface area contributed by atoms with Gasteiger partial charge in [-0.2, -0.15) is 0 Å². The van der Waals surface area contributed by atoms with Crippen molar-refractivity contribution in [2.45, 2.75) is 20.8 Å². The number of carbonyl (C=O) groups excluding carboxylic acids is 1. The Morgan fingerprint density at radius 3 is 2.46 bits per heavy atom. The second-order valence-electron chi connectivity index (χ2n) is 8.15. The highest BCUT2D eigenvalue weighted by atomic mass is 35.5. The molecule has 0 spiro atoms. The van der Waals surface area contributed by atoms with Crippen molar-refractivity contribution in [3.8, 4) is 0 Å². The number of rotatable bonds is 2. The van der Waals surface area contributed by atoms with Crippen LogP contribution in [0.4, 0.5) is 5.82 Å². The molecule has 0 unspecified atom stereocenters. The molecule has 0 aromatic carbocycles. The highest BCUT2D eigenvalue weighted by molar-refractivity contribution is 6.41. The number of nitrogens with zero attached hydrogens (tertiary/aromatic N) is 5. The molecule has 1 fully saturated rings. The van der Waals surface area contributed by atoms with Gasteiger partial charge in [0.2, 0.25) is 5.91 Å². The van der Waals surface area contributed by atoms with Crippen LogP contribution in [0.1, 0.15) is 26.3 Å². The fraction of sp³-hybridized carbons (Fsp3) is 0.450. The van der Waals surface area contributed by atoms with Gasteiger partial charge in [-0.1, -0.05) is 57.1 Å². The molecule has 1 amide bonds. The molecule has 6 nitrogen and oxygen atoms in total. The Kier molecular flexibility index (Phi) is 5.73. The van der Waals surface area contributed by atoms with Crippen LogP contribution in [0.25, 0.3) is 0 Å². The van der Waals surface area contributed by atoms with E-state index in [0.717, 1.165) is 11.4 Å². The van der Waals surface area contributed by atoms with Gasteiger partial charge in [0.1, 0.15) is 22.6 Å². The normalized spacial score (nSPS) is 17.4. The number of aromatic nitrogens is 1. The summed E-state index contributed by atoms with van der Waals surface area (Å²) in [6, 6.07) is 1.81. The van der Waals surface area contributed by atoms with Crippen LogP contribution in [0.5, 0.6) is 0 Å². The van der Waals surface area contributed by atoms with Crippen LogP contribution < -0.4 is 4.90 Å². The monoisotopic (exact) mass is 421 g/mol. The van der Waals surface area contributed by atoms with Crippen LogP contribution in [0.15, 0.2) is 36.1 Å². The van der Waals surface area contributed by atoms with Crippen LogP contribution in [0.2, 0.25) is 10.2 Å². The summed E-state index contributed by atoms with van der Waals surface area (Å²) < 4.78 is 0. The number of halogens is 2. The number of pyridine rings is 1. The molecule has 0 atom stereocenters. The zero-order chi connectivity index (χ0) is 20.6. The van der Waals surface area contributed by atoms with Gasteiger partial charge in [0, 0.05) is 32.7 Å². The van der Waals surface area contributed by atoms with Crippen molar-refractivity contribution in [2.24, 2.45) is 10.4 Å². The molecule has 2 aliphatic heterocycles. The van der Waals surface area contributed by atoms with Gasteiger partial charge >= 0.3 is 0 Å². The number of fused-ring (bicyclic) bond motifs is 1. The number of hydrogen-bond donors (Lipinski definition) is 0. The molecule has 2 aliphatic rings. The Labute approximate surface area is 176 Å². The third-order valence-corrected chi connectivity index (χ3v) is 5.33. The summed E-state index contributed by atoms with van der Waals surface area (Å²) in [7, 11) is 0. The molecule has 1 aromatic heterocycles. The number of anilines is 1. The second kappa shape index (κ2) is 7.76. The fourth-order valence-corrected chi connectivity index (χ4v) is 3.63. The fourth-order valence-electron chi connectivity index (χ4n) is 3.34. The molecule has 28 heavy (non-hydrogen) atoms. The van der Waals surface area contributed by atoms with Crippen molar-refractivity contribution in [3.63, 3.8) is 0 Å². The Hall–Kier alpha value is -2.05. The molecular formula is C20H25Cl2N5O. The minimum atomic E-state index is -0.0529. The van der Waals surface area contributed by atoms with Crippen molar-refractivity contribution < 1.29 is 4.79 Å². The van der Waals surface area contributed by atoms with E-state index in [1.54, 1.807) is 4.90 Å². The van der Waals surface area contributed by atoms with Crippen LogP contribution >= 0.6 is 23.2 Å². The van der Waals surface area contributed by atoms with E-state index in [4.69, 9.17) is 28.2 Å². The lowest BCUT2D eigenvalue weighted by molar-refractivity contribution is -0.127. The average molecular weight is 422 g/mol. The van der Waals surface area contributed by atoms with Gasteiger partial charge < -0.3 is 14.7 Å². The molecule has 8 heteroatoms. The van der Waals surface area contributed by atoms with Crippen LogP contribution in [-0.4, -0.2) is 59.3 Å². The van der Waals surface area contributed by atoms with Crippen molar-refractivity contribution in [3.05, 3.63) is 46.9 Å². The van der Waals surface area contributed by atoms with E-state index in [0.29, 0.717) is 49.4 Å². The molecule has 0 saturated carbocycles. The second-order valence-corrected chi connectivity index (χ2v) is 8.91. The van der Waals surface area contributed by atoms with Crippen LogP contribution in [0.3, 0.4) is 0 Å². The first-order valence-electron chi connectivity index (χ1n) is 9.18.